The Kier molecular flexibility index (Phi) is 3.47. The molecule has 1 aliphatic heterocycles. The minimum absolute atomic E-state index is 0.196. The fourth-order valence-corrected chi connectivity index (χ4v) is 2.78. The number of benzene rings is 2. The van der Waals surface area contributed by atoms with Crippen LogP contribution in [0.1, 0.15) is 11.1 Å². The minimum Gasteiger partial charge on any atom is -0.321 e. The Morgan fingerprint density at radius 2 is 1.70 bits per heavy atom. The van der Waals surface area contributed by atoms with Gasteiger partial charge in [-0.2, -0.15) is 0 Å². The van der Waals surface area contributed by atoms with E-state index >= 15 is 0 Å². The van der Waals surface area contributed by atoms with Crippen molar-refractivity contribution in [3.05, 3.63) is 62.6 Å². The molecule has 0 atom stereocenters. The maximum atomic E-state index is 12.1. The molecule has 0 unspecified atom stereocenters. The third kappa shape index (κ3) is 2.31. The van der Waals surface area contributed by atoms with Gasteiger partial charge in [0, 0.05) is 37.5 Å². The number of carbonyl (C=O) groups excluding carboxylic acids is 1. The van der Waals surface area contributed by atoms with Crippen molar-refractivity contribution in [1.29, 1.82) is 0 Å². The van der Waals surface area contributed by atoms with E-state index in [1.807, 2.05) is 0 Å². The van der Waals surface area contributed by atoms with Crippen molar-refractivity contribution >= 4 is 58.0 Å². The van der Waals surface area contributed by atoms with Crippen LogP contribution in [0.15, 0.2) is 36.4 Å². The molecule has 0 bridgehead atoms. The van der Waals surface area contributed by atoms with Gasteiger partial charge < -0.3 is 5.32 Å². The zero-order valence-corrected chi connectivity index (χ0v) is 12.4. The lowest BCUT2D eigenvalue weighted by Crippen LogP contribution is -2.03. The van der Waals surface area contributed by atoms with Gasteiger partial charge in [-0.15, -0.1) is 0 Å². The van der Waals surface area contributed by atoms with Crippen LogP contribution in [0.25, 0.3) is 11.6 Å². The van der Waals surface area contributed by atoms with E-state index in [4.69, 9.17) is 34.8 Å². The topological polar surface area (TPSA) is 29.1 Å². The maximum Gasteiger partial charge on any atom is 0.256 e. The molecule has 5 heteroatoms. The summed E-state index contributed by atoms with van der Waals surface area (Å²) in [5, 5.41) is 4.34. The Morgan fingerprint density at radius 3 is 2.40 bits per heavy atom. The lowest BCUT2D eigenvalue weighted by atomic mass is 10.0. The fraction of sp³-hybridized carbons (Fsp3) is 0. The number of amides is 1. The Balaban J connectivity index is 2.18. The molecule has 1 aliphatic rings. The maximum absolute atomic E-state index is 12.1. The van der Waals surface area contributed by atoms with Crippen molar-refractivity contribution in [3.8, 4) is 0 Å². The predicted molar refractivity (Wildman–Crippen MR) is 84.4 cm³/mol. The van der Waals surface area contributed by atoms with Gasteiger partial charge in [0.05, 0.1) is 0 Å². The van der Waals surface area contributed by atoms with Crippen LogP contribution in [0.5, 0.6) is 0 Å². The first-order valence-corrected chi connectivity index (χ1v) is 6.96. The highest BCUT2D eigenvalue weighted by molar-refractivity contribution is 6.40. The molecule has 1 N–H and O–H groups in total. The van der Waals surface area contributed by atoms with Gasteiger partial charge in [-0.3, -0.25) is 4.79 Å². The van der Waals surface area contributed by atoms with Crippen LogP contribution in [-0.4, -0.2) is 5.91 Å². The number of hydrogen-bond acceptors (Lipinski definition) is 1. The number of anilines is 1. The molecule has 0 radical (unpaired) electrons. The van der Waals surface area contributed by atoms with Gasteiger partial charge in [0.15, 0.2) is 0 Å². The van der Waals surface area contributed by atoms with E-state index in [9.17, 15) is 4.79 Å². The monoisotopic (exact) mass is 323 g/mol. The summed E-state index contributed by atoms with van der Waals surface area (Å²) in [4.78, 5) is 12.1. The standard InChI is InChI=1S/C15H8Cl3NO/c16-8-4-5-14-9(6-8)10(15(20)19-14)7-11-12(17)2-1-3-13(11)18/h1-7H,(H,19,20)/b10-7+. The van der Waals surface area contributed by atoms with E-state index in [0.29, 0.717) is 26.2 Å². The molecule has 2 nitrogen and oxygen atoms in total. The quantitative estimate of drug-likeness (QED) is 0.723. The van der Waals surface area contributed by atoms with Gasteiger partial charge in [-0.05, 0) is 36.4 Å². The summed E-state index contributed by atoms with van der Waals surface area (Å²) in [5.74, 6) is -0.196. The normalized spacial score (nSPS) is 15.3. The molecular formula is C15H8Cl3NO. The summed E-state index contributed by atoms with van der Waals surface area (Å²) >= 11 is 18.2. The summed E-state index contributed by atoms with van der Waals surface area (Å²) in [6.45, 7) is 0. The van der Waals surface area contributed by atoms with Crippen LogP contribution in [0.4, 0.5) is 5.69 Å². The average Bonchev–Trinajstić information content (AvgIpc) is 2.70. The number of nitrogens with one attached hydrogen (secondary N) is 1. The van der Waals surface area contributed by atoms with Crippen molar-refractivity contribution in [2.24, 2.45) is 0 Å². The van der Waals surface area contributed by atoms with Crippen LogP contribution >= 0.6 is 34.8 Å². The Hall–Kier alpha value is -1.48. The molecule has 0 fully saturated rings. The molecule has 0 saturated carbocycles. The minimum atomic E-state index is -0.196. The molecule has 0 spiro atoms. The van der Waals surface area contributed by atoms with E-state index in [2.05, 4.69) is 5.32 Å². The highest BCUT2D eigenvalue weighted by Gasteiger charge is 2.24. The second-order valence-corrected chi connectivity index (χ2v) is 5.59. The first-order valence-electron chi connectivity index (χ1n) is 5.83. The van der Waals surface area contributed by atoms with E-state index in [1.54, 1.807) is 42.5 Å². The third-order valence-corrected chi connectivity index (χ3v) is 3.95. The Bertz CT molecular complexity index is 733. The van der Waals surface area contributed by atoms with Gasteiger partial charge >= 0.3 is 0 Å². The Morgan fingerprint density at radius 1 is 1.00 bits per heavy atom. The number of fused-ring (bicyclic) bond motifs is 1. The van der Waals surface area contributed by atoms with Crippen LogP contribution in [-0.2, 0) is 4.79 Å². The lowest BCUT2D eigenvalue weighted by Gasteiger charge is -2.03. The summed E-state index contributed by atoms with van der Waals surface area (Å²) in [7, 11) is 0. The molecule has 2 aromatic rings. The molecule has 2 aromatic carbocycles. The first-order chi connectivity index (χ1) is 9.56. The van der Waals surface area contributed by atoms with Crippen LogP contribution in [0, 0.1) is 0 Å². The molecule has 0 aromatic heterocycles. The number of rotatable bonds is 1. The molecule has 3 rings (SSSR count). The van der Waals surface area contributed by atoms with Crippen molar-refractivity contribution in [3.63, 3.8) is 0 Å². The zero-order valence-electron chi connectivity index (χ0n) is 10.1. The van der Waals surface area contributed by atoms with E-state index in [1.165, 1.54) is 0 Å². The van der Waals surface area contributed by atoms with Gasteiger partial charge in [0.25, 0.3) is 5.91 Å². The highest BCUT2D eigenvalue weighted by atomic mass is 35.5. The molecule has 100 valence electrons. The molecular weight excluding hydrogens is 317 g/mol. The molecule has 0 aliphatic carbocycles. The number of hydrogen-bond donors (Lipinski definition) is 1. The van der Waals surface area contributed by atoms with E-state index in [-0.39, 0.29) is 5.91 Å². The highest BCUT2D eigenvalue weighted by Crippen LogP contribution is 2.37. The first kappa shape index (κ1) is 13.5. The van der Waals surface area contributed by atoms with Crippen molar-refractivity contribution in [1.82, 2.24) is 0 Å². The summed E-state index contributed by atoms with van der Waals surface area (Å²) in [5.41, 5.74) is 2.60. The van der Waals surface area contributed by atoms with E-state index in [0.717, 1.165) is 11.3 Å². The zero-order chi connectivity index (χ0) is 14.3. The fourth-order valence-electron chi connectivity index (χ4n) is 2.10. The predicted octanol–water partition coefficient (Wildman–Crippen LogP) is 5.14. The average molecular weight is 325 g/mol. The lowest BCUT2D eigenvalue weighted by molar-refractivity contribution is -0.110. The van der Waals surface area contributed by atoms with Crippen LogP contribution in [0.3, 0.4) is 0 Å². The van der Waals surface area contributed by atoms with E-state index < -0.39 is 0 Å². The van der Waals surface area contributed by atoms with Crippen molar-refractivity contribution < 1.29 is 4.79 Å². The largest absolute Gasteiger partial charge is 0.321 e. The summed E-state index contributed by atoms with van der Waals surface area (Å²) < 4.78 is 0. The number of halogens is 3. The second kappa shape index (κ2) is 5.13. The van der Waals surface area contributed by atoms with Crippen molar-refractivity contribution in [2.45, 2.75) is 0 Å². The molecule has 20 heavy (non-hydrogen) atoms. The summed E-state index contributed by atoms with van der Waals surface area (Å²) in [6.07, 6.45) is 1.68. The van der Waals surface area contributed by atoms with Crippen LogP contribution < -0.4 is 5.32 Å². The SMILES string of the molecule is O=C1Nc2ccc(Cl)cc2/C1=C\c1c(Cl)cccc1Cl. The molecule has 1 amide bonds. The molecule has 0 saturated heterocycles. The van der Waals surface area contributed by atoms with Gasteiger partial charge in [0.2, 0.25) is 0 Å². The third-order valence-electron chi connectivity index (χ3n) is 3.05. The molecule has 1 heterocycles. The van der Waals surface area contributed by atoms with Crippen molar-refractivity contribution in [2.75, 3.05) is 5.32 Å². The Labute approximate surface area is 131 Å². The smallest absolute Gasteiger partial charge is 0.256 e. The van der Waals surface area contributed by atoms with Gasteiger partial charge in [0.1, 0.15) is 0 Å². The van der Waals surface area contributed by atoms with Gasteiger partial charge in [-0.1, -0.05) is 40.9 Å². The van der Waals surface area contributed by atoms with Gasteiger partial charge in [-0.25, -0.2) is 0 Å². The summed E-state index contributed by atoms with van der Waals surface area (Å²) in [6, 6.07) is 10.4. The second-order valence-electron chi connectivity index (χ2n) is 4.34. The number of carbonyl (C=O) groups is 1. The van der Waals surface area contributed by atoms with Crippen LogP contribution in [0.2, 0.25) is 15.1 Å².